The Bertz CT molecular complexity index is 968. The molecule has 0 N–H and O–H groups in total. The van der Waals surface area contributed by atoms with Crippen LogP contribution in [-0.2, 0) is 14.3 Å². The van der Waals surface area contributed by atoms with Crippen molar-refractivity contribution >= 4 is 35.9 Å². The van der Waals surface area contributed by atoms with E-state index >= 15 is 0 Å². The van der Waals surface area contributed by atoms with E-state index in [0.29, 0.717) is 42.7 Å². The predicted octanol–water partition coefficient (Wildman–Crippen LogP) is 2.14. The molecule has 2 amide bonds. The highest BCUT2D eigenvalue weighted by molar-refractivity contribution is 6.30. The van der Waals surface area contributed by atoms with E-state index in [9.17, 15) is 14.4 Å². The second-order valence-corrected chi connectivity index (χ2v) is 7.73. The number of fused-ring (bicyclic) bond motifs is 1. The van der Waals surface area contributed by atoms with E-state index in [1.165, 1.54) is 23.5 Å². The van der Waals surface area contributed by atoms with Gasteiger partial charge in [-0.15, -0.1) is 0 Å². The molecule has 0 bridgehead atoms. The van der Waals surface area contributed by atoms with Crippen LogP contribution in [-0.4, -0.2) is 83.1 Å². The van der Waals surface area contributed by atoms with Crippen LogP contribution in [0.2, 0.25) is 5.02 Å². The van der Waals surface area contributed by atoms with Crippen LogP contribution in [0.1, 0.15) is 35.8 Å². The third-order valence-electron chi connectivity index (χ3n) is 4.94. The number of ether oxygens (including phenoxy) is 2. The Kier molecular flexibility index (Phi) is 8.50. The maximum absolute atomic E-state index is 12.8. The van der Waals surface area contributed by atoms with Crippen LogP contribution in [0.25, 0.3) is 0 Å². The van der Waals surface area contributed by atoms with Crippen LogP contribution in [0.4, 0.5) is 10.6 Å². The van der Waals surface area contributed by atoms with E-state index in [4.69, 9.17) is 16.3 Å². The highest BCUT2D eigenvalue weighted by Gasteiger charge is 2.44. The number of nitrogens with zero attached hydrogens (tertiary/aromatic N) is 6. The molecule has 0 unspecified atom stereocenters. The topological polar surface area (TPSA) is 118 Å². The predicted molar refractivity (Wildman–Crippen MR) is 119 cm³/mol. The SMILES string of the molecule is CCCOC=O.CN1CCN(C(=O)O[C@H]2c3nccnc3C(=O)N2c2ccc(Cl)cn2)CC1. The van der Waals surface area contributed by atoms with Gasteiger partial charge in [-0.25, -0.2) is 19.7 Å². The summed E-state index contributed by atoms with van der Waals surface area (Å²) >= 11 is 5.89. The molecule has 2 aliphatic rings. The number of carbonyl (C=O) groups is 3. The van der Waals surface area contributed by atoms with Crippen molar-refractivity contribution in [3.8, 4) is 0 Å². The lowest BCUT2D eigenvalue weighted by Gasteiger charge is -2.33. The molecule has 0 spiro atoms. The van der Waals surface area contributed by atoms with Gasteiger partial charge in [-0.3, -0.25) is 14.6 Å². The average Bonchev–Trinajstić information content (AvgIpc) is 3.10. The highest BCUT2D eigenvalue weighted by atomic mass is 35.5. The van der Waals surface area contributed by atoms with Crippen LogP contribution in [0.3, 0.4) is 0 Å². The lowest BCUT2D eigenvalue weighted by molar-refractivity contribution is -0.128. The van der Waals surface area contributed by atoms with Gasteiger partial charge < -0.3 is 19.3 Å². The van der Waals surface area contributed by atoms with E-state index in [1.54, 1.807) is 17.0 Å². The summed E-state index contributed by atoms with van der Waals surface area (Å²) in [4.78, 5) is 52.3. The van der Waals surface area contributed by atoms with Gasteiger partial charge in [0.25, 0.3) is 12.4 Å². The first-order valence-corrected chi connectivity index (χ1v) is 10.8. The number of likely N-dealkylation sites (N-methyl/N-ethyl adjacent to an activating group) is 1. The summed E-state index contributed by atoms with van der Waals surface area (Å²) in [5, 5.41) is 0.435. The minimum atomic E-state index is -1.03. The van der Waals surface area contributed by atoms with Gasteiger partial charge in [0.05, 0.1) is 11.6 Å². The van der Waals surface area contributed by atoms with Crippen molar-refractivity contribution in [1.29, 1.82) is 0 Å². The Morgan fingerprint density at radius 2 is 1.91 bits per heavy atom. The van der Waals surface area contributed by atoms with Crippen molar-refractivity contribution in [2.24, 2.45) is 0 Å². The first-order chi connectivity index (χ1) is 16.0. The Morgan fingerprint density at radius 1 is 1.18 bits per heavy atom. The van der Waals surface area contributed by atoms with E-state index in [-0.39, 0.29) is 5.69 Å². The van der Waals surface area contributed by atoms with Gasteiger partial charge in [0.1, 0.15) is 11.5 Å². The molecule has 0 radical (unpaired) electrons. The second kappa shape index (κ2) is 11.5. The molecule has 1 atom stereocenters. The van der Waals surface area contributed by atoms with Crippen molar-refractivity contribution in [3.05, 3.63) is 47.1 Å². The van der Waals surface area contributed by atoms with Gasteiger partial charge in [0, 0.05) is 44.8 Å². The quantitative estimate of drug-likeness (QED) is 0.472. The zero-order chi connectivity index (χ0) is 23.8. The summed E-state index contributed by atoms with van der Waals surface area (Å²) in [6.45, 7) is 5.59. The van der Waals surface area contributed by atoms with E-state index in [0.717, 1.165) is 19.5 Å². The van der Waals surface area contributed by atoms with Crippen molar-refractivity contribution in [2.45, 2.75) is 19.6 Å². The fourth-order valence-corrected chi connectivity index (χ4v) is 3.32. The van der Waals surface area contributed by atoms with Crippen LogP contribution in [0, 0.1) is 0 Å². The smallest absolute Gasteiger partial charge is 0.412 e. The van der Waals surface area contributed by atoms with Gasteiger partial charge in [0.15, 0.2) is 5.69 Å². The average molecular weight is 477 g/mol. The molecule has 0 saturated carbocycles. The molecule has 11 nitrogen and oxygen atoms in total. The molecule has 2 aromatic heterocycles. The molecule has 1 saturated heterocycles. The molecule has 4 heterocycles. The number of anilines is 1. The third kappa shape index (κ3) is 5.93. The van der Waals surface area contributed by atoms with Crippen molar-refractivity contribution in [1.82, 2.24) is 24.8 Å². The minimum absolute atomic E-state index is 0.144. The monoisotopic (exact) mass is 476 g/mol. The van der Waals surface area contributed by atoms with Crippen molar-refractivity contribution in [3.63, 3.8) is 0 Å². The number of hydrogen-bond donors (Lipinski definition) is 0. The summed E-state index contributed by atoms with van der Waals surface area (Å²) in [5.74, 6) is -0.121. The number of pyridine rings is 1. The number of carbonyl (C=O) groups excluding carboxylic acids is 3. The van der Waals surface area contributed by atoms with Gasteiger partial charge in [0.2, 0.25) is 6.23 Å². The zero-order valence-corrected chi connectivity index (χ0v) is 19.1. The zero-order valence-electron chi connectivity index (χ0n) is 18.4. The van der Waals surface area contributed by atoms with Crippen LogP contribution >= 0.6 is 11.6 Å². The molecule has 2 aliphatic heterocycles. The molecule has 176 valence electrons. The Hall–Kier alpha value is -3.31. The molecule has 2 aromatic rings. The Morgan fingerprint density at radius 3 is 2.52 bits per heavy atom. The summed E-state index contributed by atoms with van der Waals surface area (Å²) in [5.41, 5.74) is 0.437. The lowest BCUT2D eigenvalue weighted by Crippen LogP contribution is -2.48. The molecule has 0 aromatic carbocycles. The third-order valence-corrected chi connectivity index (χ3v) is 5.16. The van der Waals surface area contributed by atoms with E-state index < -0.39 is 18.2 Å². The molecular weight excluding hydrogens is 452 g/mol. The maximum atomic E-state index is 12.8. The number of rotatable bonds is 5. The molecule has 1 fully saturated rings. The Balaban J connectivity index is 0.000000454. The molecule has 4 rings (SSSR count). The molecule has 12 heteroatoms. The van der Waals surface area contributed by atoms with Crippen molar-refractivity contribution in [2.75, 3.05) is 44.7 Å². The first-order valence-electron chi connectivity index (χ1n) is 10.4. The standard InChI is InChI=1S/C17H17ClN6O3.C4H8O2/c1-22-6-8-23(9-7-22)17(26)27-16-14-13(19-4-5-20-14)15(25)24(16)12-3-2-11(18)10-21-12;1-2-3-6-4-5/h2-5,10,16H,6-9H2,1H3;4H,2-3H2,1H3/t16-;/m0./s1. The maximum Gasteiger partial charge on any atom is 0.412 e. The van der Waals surface area contributed by atoms with Crippen molar-refractivity contribution < 1.29 is 23.9 Å². The number of halogens is 1. The molecule has 33 heavy (non-hydrogen) atoms. The summed E-state index contributed by atoms with van der Waals surface area (Å²) in [7, 11) is 2.00. The molecular formula is C21H25ClN6O5. The van der Waals surface area contributed by atoms with Crippen LogP contribution in [0.15, 0.2) is 30.7 Å². The summed E-state index contributed by atoms with van der Waals surface area (Å²) in [6.07, 6.45) is 3.68. The number of amides is 2. The number of aromatic nitrogens is 3. The summed E-state index contributed by atoms with van der Waals surface area (Å²) in [6, 6.07) is 3.20. The van der Waals surface area contributed by atoms with Gasteiger partial charge in [-0.05, 0) is 25.6 Å². The van der Waals surface area contributed by atoms with E-state index in [2.05, 4.69) is 24.6 Å². The van der Waals surface area contributed by atoms with Gasteiger partial charge in [-0.1, -0.05) is 18.5 Å². The number of piperazine rings is 1. The van der Waals surface area contributed by atoms with E-state index in [1.807, 2.05) is 14.0 Å². The lowest BCUT2D eigenvalue weighted by atomic mass is 10.3. The normalized spacial score (nSPS) is 17.7. The van der Waals surface area contributed by atoms with Crippen LogP contribution < -0.4 is 4.90 Å². The highest BCUT2D eigenvalue weighted by Crippen LogP contribution is 2.35. The second-order valence-electron chi connectivity index (χ2n) is 7.29. The Labute approximate surface area is 196 Å². The van der Waals surface area contributed by atoms with Crippen LogP contribution in [0.5, 0.6) is 0 Å². The fraction of sp³-hybridized carbons (Fsp3) is 0.429. The summed E-state index contributed by atoms with van der Waals surface area (Å²) < 4.78 is 9.98. The van der Waals surface area contributed by atoms with Gasteiger partial charge in [-0.2, -0.15) is 0 Å². The minimum Gasteiger partial charge on any atom is -0.468 e. The van der Waals surface area contributed by atoms with Gasteiger partial charge >= 0.3 is 6.09 Å². The number of hydrogen-bond acceptors (Lipinski definition) is 9. The molecule has 0 aliphatic carbocycles. The largest absolute Gasteiger partial charge is 0.468 e. The fourth-order valence-electron chi connectivity index (χ4n) is 3.21. The first kappa shape index (κ1) is 24.3.